The maximum Gasteiger partial charge on any atom is 0.330 e. The third-order valence-corrected chi connectivity index (χ3v) is 5.01. The number of halogens is 1. The average molecular weight is 429 g/mol. The number of ether oxygens (including phenoxy) is 1. The second-order valence-corrected chi connectivity index (χ2v) is 7.04. The Hall–Kier alpha value is -3.53. The Morgan fingerprint density at radius 3 is 3.03 bits per heavy atom. The second-order valence-electron chi connectivity index (χ2n) is 7.04. The molecule has 2 atom stereocenters. The van der Waals surface area contributed by atoms with E-state index in [1.807, 2.05) is 11.0 Å². The van der Waals surface area contributed by atoms with Gasteiger partial charge in [-0.05, 0) is 42.7 Å². The molecule has 2 heterocycles. The van der Waals surface area contributed by atoms with E-state index in [-0.39, 0.29) is 23.4 Å². The molecule has 1 aliphatic heterocycles. The van der Waals surface area contributed by atoms with Crippen LogP contribution < -0.4 is 5.32 Å². The highest BCUT2D eigenvalue weighted by Gasteiger charge is 2.27. The number of carbonyl (C=O) groups is 2. The van der Waals surface area contributed by atoms with Crippen molar-refractivity contribution in [1.29, 1.82) is 5.41 Å². The van der Waals surface area contributed by atoms with Gasteiger partial charge in [0, 0.05) is 6.54 Å². The fraction of sp³-hybridized carbons (Fsp3) is 0.333. The van der Waals surface area contributed by atoms with Crippen LogP contribution in [0.5, 0.6) is 0 Å². The molecular weight excluding hydrogens is 405 g/mol. The van der Waals surface area contributed by atoms with E-state index in [1.54, 1.807) is 18.2 Å². The predicted octanol–water partition coefficient (Wildman–Crippen LogP) is 1.64. The van der Waals surface area contributed by atoms with E-state index in [0.717, 1.165) is 25.5 Å². The zero-order valence-electron chi connectivity index (χ0n) is 17.0. The molecule has 0 radical (unpaired) electrons. The highest BCUT2D eigenvalue weighted by molar-refractivity contribution is 5.96. The lowest BCUT2D eigenvalue weighted by Gasteiger charge is -2.26. The van der Waals surface area contributed by atoms with Crippen molar-refractivity contribution in [2.75, 3.05) is 20.3 Å². The molecule has 2 aromatic rings. The number of amidine groups is 1. The van der Waals surface area contributed by atoms with E-state index in [1.165, 1.54) is 18.3 Å². The first-order chi connectivity index (χ1) is 14.9. The van der Waals surface area contributed by atoms with Gasteiger partial charge in [-0.25, -0.2) is 14.2 Å². The van der Waals surface area contributed by atoms with Crippen LogP contribution in [0.15, 0.2) is 36.5 Å². The lowest BCUT2D eigenvalue weighted by Crippen LogP contribution is -2.44. The molecule has 1 saturated heterocycles. The van der Waals surface area contributed by atoms with Crippen LogP contribution >= 0.6 is 0 Å². The maximum atomic E-state index is 13.6. The summed E-state index contributed by atoms with van der Waals surface area (Å²) in [5, 5.41) is 19.9. The fourth-order valence-electron chi connectivity index (χ4n) is 3.46. The number of methoxy groups -OCH3 is 1. The summed E-state index contributed by atoms with van der Waals surface area (Å²) in [6, 6.07) is 5.16. The second kappa shape index (κ2) is 9.98. The Bertz CT molecular complexity index is 990. The molecular formula is C21H24FN5O4. The number of carbonyl (C=O) groups excluding carboxylic acids is 2. The highest BCUT2D eigenvalue weighted by atomic mass is 19.1. The zero-order valence-corrected chi connectivity index (χ0v) is 17.0. The van der Waals surface area contributed by atoms with Crippen LogP contribution in [0.25, 0.3) is 6.08 Å². The van der Waals surface area contributed by atoms with Gasteiger partial charge < -0.3 is 25.0 Å². The zero-order chi connectivity index (χ0) is 22.4. The number of aliphatic hydroxyl groups is 1. The van der Waals surface area contributed by atoms with E-state index in [2.05, 4.69) is 20.0 Å². The molecule has 9 nitrogen and oxygen atoms in total. The van der Waals surface area contributed by atoms with Crippen molar-refractivity contribution in [2.45, 2.75) is 24.9 Å². The van der Waals surface area contributed by atoms with Crippen molar-refractivity contribution in [3.05, 3.63) is 59.4 Å². The summed E-state index contributed by atoms with van der Waals surface area (Å²) in [4.78, 5) is 32.5. The molecule has 1 fully saturated rings. The summed E-state index contributed by atoms with van der Waals surface area (Å²) in [6.45, 7) is 0.0883. The molecule has 1 aliphatic rings. The molecule has 1 aromatic carbocycles. The standard InChI is InChI=1S/C21H24FN5O4/c1-31-21(30)16(12-28)26-20(29)15-11-24-19(25-15)8-7-18(23)27-9-3-6-17(27)13-4-2-5-14(22)10-13/h2,4-5,7-8,10-11,16-17,23,28H,3,6,9,12H2,1H3,(H,24,25)(H,26,29)/b8-7-,23-18?/t16?,17-/m1/s1. The van der Waals surface area contributed by atoms with E-state index in [4.69, 9.17) is 5.41 Å². The minimum Gasteiger partial charge on any atom is -0.467 e. The first kappa shape index (κ1) is 22.2. The number of aliphatic hydroxyl groups excluding tert-OH is 1. The first-order valence-corrected chi connectivity index (χ1v) is 9.76. The molecule has 3 rings (SSSR count). The molecule has 1 aromatic heterocycles. The van der Waals surface area contributed by atoms with E-state index in [0.29, 0.717) is 12.4 Å². The third-order valence-electron chi connectivity index (χ3n) is 5.01. The summed E-state index contributed by atoms with van der Waals surface area (Å²) < 4.78 is 18.1. The minimum atomic E-state index is -1.18. The van der Waals surface area contributed by atoms with Crippen LogP contribution in [0.3, 0.4) is 0 Å². The van der Waals surface area contributed by atoms with Gasteiger partial charge in [0.05, 0.1) is 26.0 Å². The molecule has 0 spiro atoms. The molecule has 31 heavy (non-hydrogen) atoms. The predicted molar refractivity (Wildman–Crippen MR) is 111 cm³/mol. The lowest BCUT2D eigenvalue weighted by molar-refractivity contribution is -0.143. The van der Waals surface area contributed by atoms with Gasteiger partial charge in [0.25, 0.3) is 5.91 Å². The van der Waals surface area contributed by atoms with Gasteiger partial charge in [-0.15, -0.1) is 0 Å². The smallest absolute Gasteiger partial charge is 0.330 e. The van der Waals surface area contributed by atoms with E-state index >= 15 is 0 Å². The molecule has 1 unspecified atom stereocenters. The molecule has 1 amide bonds. The molecule has 164 valence electrons. The van der Waals surface area contributed by atoms with Crippen LogP contribution in [0.1, 0.15) is 40.8 Å². The quantitative estimate of drug-likeness (QED) is 0.301. The SMILES string of the molecule is COC(=O)C(CO)NC(=O)c1cnc(/C=C\C(=N)N2CCC[C@@H]2c2cccc(F)c2)[nH]1. The summed E-state index contributed by atoms with van der Waals surface area (Å²) in [6.07, 6.45) is 6.13. The number of aromatic nitrogens is 2. The molecule has 10 heteroatoms. The Morgan fingerprint density at radius 2 is 2.32 bits per heavy atom. The van der Waals surface area contributed by atoms with Gasteiger partial charge in [-0.3, -0.25) is 10.2 Å². The van der Waals surface area contributed by atoms with Crippen molar-refractivity contribution < 1.29 is 23.8 Å². The van der Waals surface area contributed by atoms with Crippen molar-refractivity contribution >= 4 is 23.8 Å². The Kier molecular flexibility index (Phi) is 7.14. The van der Waals surface area contributed by atoms with Crippen molar-refractivity contribution in [2.24, 2.45) is 0 Å². The summed E-state index contributed by atoms with van der Waals surface area (Å²) >= 11 is 0. The Morgan fingerprint density at radius 1 is 1.52 bits per heavy atom. The highest BCUT2D eigenvalue weighted by Crippen LogP contribution is 2.32. The number of hydrogen-bond donors (Lipinski definition) is 4. The number of H-pyrrole nitrogens is 1. The number of nitrogens with one attached hydrogen (secondary N) is 3. The minimum absolute atomic E-state index is 0.0699. The number of nitrogens with zero attached hydrogens (tertiary/aromatic N) is 2. The third kappa shape index (κ3) is 5.34. The number of rotatable bonds is 7. The summed E-state index contributed by atoms with van der Waals surface area (Å²) in [5.41, 5.74) is 0.920. The largest absolute Gasteiger partial charge is 0.467 e. The van der Waals surface area contributed by atoms with Crippen molar-refractivity contribution in [1.82, 2.24) is 20.2 Å². The van der Waals surface area contributed by atoms with Crippen LogP contribution in [0, 0.1) is 11.2 Å². The summed E-state index contributed by atoms with van der Waals surface area (Å²) in [5.74, 6) is -1.10. The van der Waals surface area contributed by atoms with Gasteiger partial charge in [0.15, 0.2) is 6.04 Å². The van der Waals surface area contributed by atoms with Crippen molar-refractivity contribution in [3.63, 3.8) is 0 Å². The van der Waals surface area contributed by atoms with Crippen LogP contribution in [0.2, 0.25) is 0 Å². The number of likely N-dealkylation sites (tertiary alicyclic amines) is 1. The molecule has 0 bridgehead atoms. The molecule has 4 N–H and O–H groups in total. The van der Waals surface area contributed by atoms with Crippen LogP contribution in [-0.2, 0) is 9.53 Å². The lowest BCUT2D eigenvalue weighted by atomic mass is 10.0. The van der Waals surface area contributed by atoms with Gasteiger partial charge in [-0.1, -0.05) is 12.1 Å². The van der Waals surface area contributed by atoms with Crippen LogP contribution in [0.4, 0.5) is 4.39 Å². The average Bonchev–Trinajstić information content (AvgIpc) is 3.45. The van der Waals surface area contributed by atoms with Crippen molar-refractivity contribution in [3.8, 4) is 0 Å². The van der Waals surface area contributed by atoms with E-state index in [9.17, 15) is 19.1 Å². The van der Waals surface area contributed by atoms with Gasteiger partial charge in [-0.2, -0.15) is 0 Å². The number of benzene rings is 1. The number of esters is 1. The molecule has 0 saturated carbocycles. The Balaban J connectivity index is 1.64. The number of imidazole rings is 1. The first-order valence-electron chi connectivity index (χ1n) is 9.76. The number of amides is 1. The van der Waals surface area contributed by atoms with E-state index < -0.39 is 24.5 Å². The van der Waals surface area contributed by atoms with Gasteiger partial charge in [0.1, 0.15) is 23.2 Å². The molecule has 0 aliphatic carbocycles. The van der Waals surface area contributed by atoms with Gasteiger partial charge in [0.2, 0.25) is 0 Å². The fourth-order valence-corrected chi connectivity index (χ4v) is 3.46. The van der Waals surface area contributed by atoms with Gasteiger partial charge >= 0.3 is 5.97 Å². The van der Waals surface area contributed by atoms with Crippen LogP contribution in [-0.4, -0.2) is 64.0 Å². The number of hydrogen-bond acceptors (Lipinski definition) is 6. The topological polar surface area (TPSA) is 131 Å². The Labute approximate surface area is 178 Å². The monoisotopic (exact) mass is 429 g/mol. The maximum absolute atomic E-state index is 13.6. The number of aromatic amines is 1. The normalized spacial score (nSPS) is 17.0. The summed E-state index contributed by atoms with van der Waals surface area (Å²) in [7, 11) is 1.16.